The average Bonchev–Trinajstić information content (AvgIpc) is 3.03. The van der Waals surface area contributed by atoms with Crippen molar-refractivity contribution in [1.82, 2.24) is 9.97 Å². The van der Waals surface area contributed by atoms with Gasteiger partial charge >= 0.3 is 0 Å². The van der Waals surface area contributed by atoms with E-state index < -0.39 is 6.10 Å². The van der Waals surface area contributed by atoms with Crippen LogP contribution in [0.25, 0.3) is 0 Å². The highest BCUT2D eigenvalue weighted by molar-refractivity contribution is 8.02. The molecule has 114 valence electrons. The summed E-state index contributed by atoms with van der Waals surface area (Å²) in [5.41, 5.74) is 2.01. The van der Waals surface area contributed by atoms with Crippen LogP contribution in [-0.2, 0) is 0 Å². The van der Waals surface area contributed by atoms with Gasteiger partial charge < -0.3 is 10.1 Å². The molecule has 2 atom stereocenters. The Morgan fingerprint density at radius 3 is 2.90 bits per heavy atom. The van der Waals surface area contributed by atoms with Crippen molar-refractivity contribution in [3.63, 3.8) is 0 Å². The minimum atomic E-state index is -0.841. The van der Waals surface area contributed by atoms with Gasteiger partial charge in [-0.15, -0.1) is 11.8 Å². The maximum atomic E-state index is 13.7. The highest BCUT2D eigenvalue weighted by Crippen LogP contribution is 2.36. The van der Waals surface area contributed by atoms with Crippen LogP contribution in [0.1, 0.15) is 38.6 Å². The monoisotopic (exact) mass is 308 g/mol. The van der Waals surface area contributed by atoms with Gasteiger partial charge in [-0.2, -0.15) is 0 Å². The lowest BCUT2D eigenvalue weighted by Crippen LogP contribution is -2.14. The predicted molar refractivity (Wildman–Crippen MR) is 85.4 cm³/mol. The Balaban J connectivity index is 2.43. The fourth-order valence-electron chi connectivity index (χ4n) is 2.57. The van der Waals surface area contributed by atoms with E-state index in [-0.39, 0.29) is 11.7 Å². The first-order valence-corrected chi connectivity index (χ1v) is 8.26. The first kappa shape index (κ1) is 16.0. The Kier molecular flexibility index (Phi) is 5.82. The number of halogens is 1. The van der Waals surface area contributed by atoms with E-state index in [0.717, 1.165) is 18.4 Å². The second kappa shape index (κ2) is 7.61. The van der Waals surface area contributed by atoms with Crippen LogP contribution in [0.15, 0.2) is 46.9 Å². The van der Waals surface area contributed by atoms with Crippen molar-refractivity contribution >= 4 is 11.8 Å². The Hall–Kier alpha value is -1.33. The van der Waals surface area contributed by atoms with Crippen LogP contribution in [0, 0.1) is 5.92 Å². The number of imidazole rings is 1. The van der Waals surface area contributed by atoms with E-state index in [0.29, 0.717) is 11.6 Å². The quantitative estimate of drug-likeness (QED) is 0.872. The van der Waals surface area contributed by atoms with Gasteiger partial charge in [0.2, 0.25) is 0 Å². The fraction of sp³-hybridized carbons (Fsp3) is 0.438. The molecule has 0 aliphatic carbocycles. The molecule has 2 unspecified atom stereocenters. The summed E-state index contributed by atoms with van der Waals surface area (Å²) >= 11 is 1.47. The van der Waals surface area contributed by atoms with Gasteiger partial charge in [-0.25, -0.2) is 9.37 Å². The maximum absolute atomic E-state index is 13.7. The normalized spacial score (nSPS) is 29.0. The average molecular weight is 308 g/mol. The molecule has 0 saturated heterocycles. The highest BCUT2D eigenvalue weighted by atomic mass is 32.2. The van der Waals surface area contributed by atoms with Crippen molar-refractivity contribution in [2.45, 2.75) is 32.8 Å². The molecule has 0 amide bonds. The largest absolute Gasteiger partial charge is 0.381 e. The number of hydrogen-bond donors (Lipinski definition) is 2. The lowest BCUT2D eigenvalue weighted by molar-refractivity contribution is 0.194. The summed E-state index contributed by atoms with van der Waals surface area (Å²) in [6.45, 7) is 4.17. The second-order valence-electron chi connectivity index (χ2n) is 4.98. The van der Waals surface area contributed by atoms with Gasteiger partial charge in [0.25, 0.3) is 0 Å². The Morgan fingerprint density at radius 2 is 2.29 bits per heavy atom. The summed E-state index contributed by atoms with van der Waals surface area (Å²) in [5, 5.41) is 12.6. The Bertz CT molecular complexity index is 549. The highest BCUT2D eigenvalue weighted by Gasteiger charge is 2.25. The van der Waals surface area contributed by atoms with E-state index >= 15 is 0 Å². The number of allylic oxidation sites excluding steroid dienone is 3. The third-order valence-corrected chi connectivity index (χ3v) is 4.58. The molecule has 0 bridgehead atoms. The van der Waals surface area contributed by atoms with Crippen LogP contribution < -0.4 is 0 Å². The smallest absolute Gasteiger partial charge is 0.139 e. The molecule has 21 heavy (non-hydrogen) atoms. The van der Waals surface area contributed by atoms with Crippen molar-refractivity contribution in [2.24, 2.45) is 5.92 Å². The zero-order valence-electron chi connectivity index (χ0n) is 12.3. The van der Waals surface area contributed by atoms with Gasteiger partial charge in [-0.3, -0.25) is 0 Å². The number of rotatable bonds is 4. The molecule has 1 aliphatic rings. The van der Waals surface area contributed by atoms with Gasteiger partial charge in [0.05, 0.1) is 0 Å². The van der Waals surface area contributed by atoms with E-state index in [9.17, 15) is 9.50 Å². The molecule has 3 nitrogen and oxygen atoms in total. The molecule has 0 saturated carbocycles. The van der Waals surface area contributed by atoms with Crippen molar-refractivity contribution in [1.29, 1.82) is 0 Å². The van der Waals surface area contributed by atoms with Crippen molar-refractivity contribution in [3.8, 4) is 0 Å². The van der Waals surface area contributed by atoms with Crippen LogP contribution in [0.5, 0.6) is 0 Å². The molecular weight excluding hydrogens is 287 g/mol. The summed E-state index contributed by atoms with van der Waals surface area (Å²) in [5.74, 6) is 0.744. The van der Waals surface area contributed by atoms with Gasteiger partial charge in [0.1, 0.15) is 17.8 Å². The van der Waals surface area contributed by atoms with Crippen LogP contribution in [0.3, 0.4) is 0 Å². The summed E-state index contributed by atoms with van der Waals surface area (Å²) in [6, 6.07) is 0. The van der Waals surface area contributed by atoms with Crippen LogP contribution in [0.4, 0.5) is 4.39 Å². The van der Waals surface area contributed by atoms with Crippen molar-refractivity contribution in [2.75, 3.05) is 5.75 Å². The number of thioether (sulfide) groups is 1. The first-order valence-electron chi connectivity index (χ1n) is 7.21. The van der Waals surface area contributed by atoms with Crippen LogP contribution in [0.2, 0.25) is 0 Å². The molecule has 2 rings (SSSR count). The Morgan fingerprint density at radius 1 is 1.48 bits per heavy atom. The zero-order chi connectivity index (χ0) is 15.2. The van der Waals surface area contributed by atoms with E-state index in [1.165, 1.54) is 23.4 Å². The molecule has 0 spiro atoms. The predicted octanol–water partition coefficient (Wildman–Crippen LogP) is 4.29. The fourth-order valence-corrected chi connectivity index (χ4v) is 3.45. The number of aliphatic hydroxyl groups is 1. The minimum Gasteiger partial charge on any atom is -0.381 e. The lowest BCUT2D eigenvalue weighted by Gasteiger charge is -2.24. The summed E-state index contributed by atoms with van der Waals surface area (Å²) in [7, 11) is 0. The number of hydrogen-bond acceptors (Lipinski definition) is 3. The molecule has 1 aromatic rings. The van der Waals surface area contributed by atoms with E-state index in [1.54, 1.807) is 18.5 Å². The van der Waals surface area contributed by atoms with E-state index in [2.05, 4.69) is 23.8 Å². The first-order chi connectivity index (χ1) is 10.2. The van der Waals surface area contributed by atoms with Crippen LogP contribution >= 0.6 is 11.8 Å². The topological polar surface area (TPSA) is 48.9 Å². The summed E-state index contributed by atoms with van der Waals surface area (Å²) in [4.78, 5) is 7.06. The number of aliphatic hydroxyl groups excluding tert-OH is 1. The number of nitrogens with zero attached hydrogens (tertiary/aromatic N) is 1. The SMILES string of the molecule is CC/C1=C/SC/C(F)=C\C=C(\C(O)c2ncc[nH]2)C1CC. The standard InChI is InChI=1S/C16H21FN2OS/c1-3-11-9-21-10-12(17)5-6-14(13(11)4-2)15(20)16-18-7-8-19-16/h5-9,13,15,20H,3-4,10H2,1-2H3,(H,18,19)/b11-9-,12-5+,14-6+. The van der Waals surface area contributed by atoms with Gasteiger partial charge in [0, 0.05) is 24.1 Å². The summed E-state index contributed by atoms with van der Waals surface area (Å²) in [6.07, 6.45) is 7.37. The molecule has 5 heteroatoms. The van der Waals surface area contributed by atoms with Crippen LogP contribution in [-0.4, -0.2) is 20.8 Å². The number of aromatic nitrogens is 2. The number of H-pyrrole nitrogens is 1. The maximum Gasteiger partial charge on any atom is 0.139 e. The molecule has 1 aromatic heterocycles. The number of aromatic amines is 1. The molecule has 0 fully saturated rings. The third-order valence-electron chi connectivity index (χ3n) is 3.67. The molecule has 2 heterocycles. The van der Waals surface area contributed by atoms with Gasteiger partial charge in [0.15, 0.2) is 0 Å². The zero-order valence-corrected chi connectivity index (χ0v) is 13.2. The minimum absolute atomic E-state index is 0.102. The molecule has 2 N–H and O–H groups in total. The Labute approximate surface area is 129 Å². The lowest BCUT2D eigenvalue weighted by atomic mass is 9.84. The molecule has 1 aliphatic heterocycles. The van der Waals surface area contributed by atoms with E-state index in [1.807, 2.05) is 5.41 Å². The molecule has 0 radical (unpaired) electrons. The summed E-state index contributed by atoms with van der Waals surface area (Å²) < 4.78 is 13.7. The molecule has 0 aromatic carbocycles. The number of nitrogens with one attached hydrogen (secondary N) is 1. The van der Waals surface area contributed by atoms with Crippen molar-refractivity contribution < 1.29 is 9.50 Å². The van der Waals surface area contributed by atoms with Gasteiger partial charge in [-0.1, -0.05) is 25.5 Å². The van der Waals surface area contributed by atoms with Crippen molar-refractivity contribution in [3.05, 3.63) is 52.8 Å². The second-order valence-corrected chi connectivity index (χ2v) is 5.83. The van der Waals surface area contributed by atoms with Gasteiger partial charge in [-0.05, 0) is 29.9 Å². The third kappa shape index (κ3) is 3.86. The van der Waals surface area contributed by atoms with E-state index in [4.69, 9.17) is 0 Å². The molecular formula is C16H21FN2OS.